The number of benzene rings is 1. The molecule has 1 aromatic heterocycles. The zero-order chi connectivity index (χ0) is 22.7. The number of fused-ring (bicyclic) bond motifs is 1. The first kappa shape index (κ1) is 22.0. The highest BCUT2D eigenvalue weighted by Crippen LogP contribution is 2.31. The molecule has 1 aliphatic carbocycles. The summed E-state index contributed by atoms with van der Waals surface area (Å²) < 4.78 is 2.07. The molecule has 2 aromatic rings. The third-order valence-electron chi connectivity index (χ3n) is 6.65. The Bertz CT molecular complexity index is 1010. The third-order valence-corrected chi connectivity index (χ3v) is 6.65. The summed E-state index contributed by atoms with van der Waals surface area (Å²) in [4.78, 5) is 43.4. The summed E-state index contributed by atoms with van der Waals surface area (Å²) in [6.07, 6.45) is 5.78. The van der Waals surface area contributed by atoms with Crippen molar-refractivity contribution in [2.24, 2.45) is 5.92 Å². The first-order valence-corrected chi connectivity index (χ1v) is 11.3. The molecule has 0 saturated heterocycles. The van der Waals surface area contributed by atoms with Crippen LogP contribution < -0.4 is 5.32 Å². The number of hydrogen-bond acceptors (Lipinski definition) is 4. The second-order valence-electron chi connectivity index (χ2n) is 8.79. The van der Waals surface area contributed by atoms with E-state index in [-0.39, 0.29) is 30.7 Å². The minimum absolute atomic E-state index is 0.0233. The van der Waals surface area contributed by atoms with Crippen LogP contribution in [-0.2, 0) is 33.9 Å². The highest BCUT2D eigenvalue weighted by atomic mass is 16.4. The van der Waals surface area contributed by atoms with Crippen molar-refractivity contribution in [1.29, 1.82) is 0 Å². The fourth-order valence-corrected chi connectivity index (χ4v) is 4.76. The number of carbonyl (C=O) groups excluding carboxylic acids is 2. The summed E-state index contributed by atoms with van der Waals surface area (Å²) in [7, 11) is 0. The number of aromatic nitrogens is 2. The molecule has 1 unspecified atom stereocenters. The van der Waals surface area contributed by atoms with Crippen molar-refractivity contribution in [2.45, 2.75) is 64.6 Å². The highest BCUT2D eigenvalue weighted by molar-refractivity contribution is 5.89. The maximum Gasteiger partial charge on any atom is 0.305 e. The van der Waals surface area contributed by atoms with Crippen molar-refractivity contribution in [3.05, 3.63) is 53.1 Å². The minimum Gasteiger partial charge on any atom is -0.481 e. The van der Waals surface area contributed by atoms with Gasteiger partial charge in [0.25, 0.3) is 0 Å². The number of hydrogen-bond donors (Lipinski definition) is 2. The Kier molecular flexibility index (Phi) is 6.58. The van der Waals surface area contributed by atoms with Crippen LogP contribution in [0.4, 0.5) is 0 Å². The monoisotopic (exact) mass is 438 g/mol. The van der Waals surface area contributed by atoms with E-state index in [4.69, 9.17) is 5.11 Å². The van der Waals surface area contributed by atoms with Crippen LogP contribution in [-0.4, -0.2) is 49.9 Å². The first-order valence-electron chi connectivity index (χ1n) is 11.3. The van der Waals surface area contributed by atoms with E-state index >= 15 is 0 Å². The maximum absolute atomic E-state index is 13.4. The molecule has 1 saturated carbocycles. The van der Waals surface area contributed by atoms with Gasteiger partial charge in [-0.2, -0.15) is 0 Å². The van der Waals surface area contributed by atoms with Crippen molar-refractivity contribution in [3.63, 3.8) is 0 Å². The number of carboxylic acids is 1. The number of carbonyl (C=O) groups is 3. The molecule has 1 aromatic carbocycles. The van der Waals surface area contributed by atoms with Gasteiger partial charge in [-0.3, -0.25) is 14.4 Å². The summed E-state index contributed by atoms with van der Waals surface area (Å²) in [5.74, 6) is -1.30. The lowest BCUT2D eigenvalue weighted by atomic mass is 9.97. The molecule has 8 nitrogen and oxygen atoms in total. The minimum atomic E-state index is -0.968. The van der Waals surface area contributed by atoms with Crippen LogP contribution in [0.2, 0.25) is 0 Å². The van der Waals surface area contributed by atoms with Gasteiger partial charge in [-0.1, -0.05) is 37.1 Å². The van der Waals surface area contributed by atoms with Gasteiger partial charge in [0.05, 0.1) is 30.7 Å². The Labute approximate surface area is 187 Å². The molecule has 0 spiro atoms. The van der Waals surface area contributed by atoms with Crippen molar-refractivity contribution < 1.29 is 19.5 Å². The molecule has 2 N–H and O–H groups in total. The summed E-state index contributed by atoms with van der Waals surface area (Å²) in [6.45, 7) is 3.13. The fourth-order valence-electron chi connectivity index (χ4n) is 4.76. The standard InChI is InChI=1S/C24H30N4O4/c1-16-6-2-3-9-18(16)13-27-15-26-19-12-20(23(31)25-11-10-22(29)30)28(14-21(19)27)24(32)17-7-4-5-8-17/h2-3,6,9,15,17,20H,4-5,7-8,10-14H2,1H3,(H,25,31)(H,29,30). The van der Waals surface area contributed by atoms with Gasteiger partial charge >= 0.3 is 5.97 Å². The van der Waals surface area contributed by atoms with Crippen molar-refractivity contribution >= 4 is 17.8 Å². The quantitative estimate of drug-likeness (QED) is 0.690. The fraction of sp³-hybridized carbons (Fsp3) is 0.500. The van der Waals surface area contributed by atoms with E-state index in [1.54, 1.807) is 11.2 Å². The van der Waals surface area contributed by atoms with E-state index in [1.807, 2.05) is 12.1 Å². The number of aliphatic carboxylic acids is 1. The Hall–Kier alpha value is -3.16. The molecule has 0 bridgehead atoms. The summed E-state index contributed by atoms with van der Waals surface area (Å²) in [5.41, 5.74) is 4.18. The van der Waals surface area contributed by atoms with Crippen LogP contribution in [0.5, 0.6) is 0 Å². The maximum atomic E-state index is 13.4. The molecular weight excluding hydrogens is 408 g/mol. The Morgan fingerprint density at radius 3 is 2.66 bits per heavy atom. The van der Waals surface area contributed by atoms with Gasteiger partial charge in [-0.15, -0.1) is 0 Å². The molecule has 1 fully saturated rings. The number of amides is 2. The second kappa shape index (κ2) is 9.54. The first-order chi connectivity index (χ1) is 15.4. The van der Waals surface area contributed by atoms with E-state index in [0.29, 0.717) is 19.5 Å². The molecule has 1 atom stereocenters. The van der Waals surface area contributed by atoms with E-state index in [9.17, 15) is 14.4 Å². The number of nitrogens with zero attached hydrogens (tertiary/aromatic N) is 3. The van der Waals surface area contributed by atoms with Crippen LogP contribution in [0.25, 0.3) is 0 Å². The van der Waals surface area contributed by atoms with Gasteiger partial charge in [0.1, 0.15) is 6.04 Å². The molecule has 32 heavy (non-hydrogen) atoms. The third kappa shape index (κ3) is 4.69. The molecule has 2 heterocycles. The van der Waals surface area contributed by atoms with Gasteiger partial charge < -0.3 is 19.9 Å². The molecule has 2 amide bonds. The molecule has 8 heteroatoms. The number of rotatable bonds is 7. The number of imidazole rings is 1. The smallest absolute Gasteiger partial charge is 0.305 e. The van der Waals surface area contributed by atoms with Crippen molar-refractivity contribution in [1.82, 2.24) is 19.8 Å². The average molecular weight is 439 g/mol. The van der Waals surface area contributed by atoms with Gasteiger partial charge in [0.15, 0.2) is 0 Å². The summed E-state index contributed by atoms with van der Waals surface area (Å²) >= 11 is 0. The van der Waals surface area contributed by atoms with Crippen LogP contribution in [0.1, 0.15) is 54.6 Å². The largest absolute Gasteiger partial charge is 0.481 e. The zero-order valence-electron chi connectivity index (χ0n) is 18.4. The normalized spacial score (nSPS) is 18.4. The number of carboxylic acid groups (broad SMARTS) is 1. The average Bonchev–Trinajstić information content (AvgIpc) is 3.44. The molecular formula is C24H30N4O4. The summed E-state index contributed by atoms with van der Waals surface area (Å²) in [6, 6.07) is 7.53. The lowest BCUT2D eigenvalue weighted by molar-refractivity contribution is -0.145. The van der Waals surface area contributed by atoms with Crippen LogP contribution in [0, 0.1) is 12.8 Å². The van der Waals surface area contributed by atoms with Crippen LogP contribution in [0.3, 0.4) is 0 Å². The topological polar surface area (TPSA) is 105 Å². The predicted octanol–water partition coefficient (Wildman–Crippen LogP) is 2.27. The van der Waals surface area contributed by atoms with Gasteiger partial charge in [-0.25, -0.2) is 4.98 Å². The van der Waals surface area contributed by atoms with E-state index < -0.39 is 12.0 Å². The van der Waals surface area contributed by atoms with Crippen molar-refractivity contribution in [3.8, 4) is 0 Å². The van der Waals surface area contributed by atoms with E-state index in [1.165, 1.54) is 11.1 Å². The molecule has 4 rings (SSSR count). The van der Waals surface area contributed by atoms with Gasteiger partial charge in [0, 0.05) is 25.4 Å². The zero-order valence-corrected chi connectivity index (χ0v) is 18.4. The lowest BCUT2D eigenvalue weighted by Gasteiger charge is -2.36. The second-order valence-corrected chi connectivity index (χ2v) is 8.79. The van der Waals surface area contributed by atoms with Crippen LogP contribution in [0.15, 0.2) is 30.6 Å². The summed E-state index contributed by atoms with van der Waals surface area (Å²) in [5, 5.41) is 11.6. The number of nitrogens with one attached hydrogen (secondary N) is 1. The highest BCUT2D eigenvalue weighted by Gasteiger charge is 2.39. The van der Waals surface area contributed by atoms with E-state index in [0.717, 1.165) is 37.1 Å². The lowest BCUT2D eigenvalue weighted by Crippen LogP contribution is -2.54. The Morgan fingerprint density at radius 1 is 1.19 bits per heavy atom. The SMILES string of the molecule is Cc1ccccc1Cn1cnc2c1CN(C(=O)C1CCCC1)C(C(=O)NCCC(=O)O)C2. The molecule has 1 aliphatic heterocycles. The predicted molar refractivity (Wildman–Crippen MR) is 118 cm³/mol. The number of aryl methyl sites for hydroxylation is 1. The van der Waals surface area contributed by atoms with Gasteiger partial charge in [-0.05, 0) is 30.9 Å². The molecule has 0 radical (unpaired) electrons. The van der Waals surface area contributed by atoms with E-state index in [2.05, 4.69) is 33.9 Å². The molecule has 2 aliphatic rings. The molecule has 170 valence electrons. The Balaban J connectivity index is 1.58. The van der Waals surface area contributed by atoms with Crippen molar-refractivity contribution in [2.75, 3.05) is 6.54 Å². The van der Waals surface area contributed by atoms with Crippen LogP contribution >= 0.6 is 0 Å². The van der Waals surface area contributed by atoms with Gasteiger partial charge in [0.2, 0.25) is 11.8 Å². The Morgan fingerprint density at radius 2 is 1.94 bits per heavy atom.